The Labute approximate surface area is 159 Å². The molecule has 0 unspecified atom stereocenters. The van der Waals surface area contributed by atoms with Gasteiger partial charge in [-0.25, -0.2) is 14.8 Å². The highest BCUT2D eigenvalue weighted by Crippen LogP contribution is 2.40. The van der Waals surface area contributed by atoms with Crippen molar-refractivity contribution >= 4 is 17.6 Å². The lowest BCUT2D eigenvalue weighted by atomic mass is 10.1. The van der Waals surface area contributed by atoms with Gasteiger partial charge in [-0.1, -0.05) is 0 Å². The molecule has 0 atom stereocenters. The first-order chi connectivity index (χ1) is 13.2. The standard InChI is InChI=1S/C20H25N5O2/c1-27-20(26)16-8-7-15(24-19(16)14-5-6-14)12-21-17-11-18(23-13-22-17)25-9-3-2-4-10-25/h7-8,11,13-14H,2-6,9-10,12H2,1H3,(H,21,22,23). The Morgan fingerprint density at radius 3 is 2.78 bits per heavy atom. The molecule has 3 heterocycles. The van der Waals surface area contributed by atoms with E-state index >= 15 is 0 Å². The lowest BCUT2D eigenvalue weighted by molar-refractivity contribution is 0.0598. The van der Waals surface area contributed by atoms with Crippen LogP contribution in [0.15, 0.2) is 24.5 Å². The molecule has 7 heteroatoms. The first-order valence-electron chi connectivity index (χ1n) is 9.63. The van der Waals surface area contributed by atoms with Gasteiger partial charge in [-0.05, 0) is 44.2 Å². The molecule has 4 rings (SSSR count). The van der Waals surface area contributed by atoms with Crippen LogP contribution in [0.5, 0.6) is 0 Å². The molecule has 1 N–H and O–H groups in total. The number of carbonyl (C=O) groups is 1. The second-order valence-corrected chi connectivity index (χ2v) is 7.16. The van der Waals surface area contributed by atoms with E-state index in [0.717, 1.165) is 49.0 Å². The summed E-state index contributed by atoms with van der Waals surface area (Å²) in [7, 11) is 1.41. The first-order valence-corrected chi connectivity index (χ1v) is 9.63. The molecular weight excluding hydrogens is 342 g/mol. The van der Waals surface area contributed by atoms with Crippen LogP contribution in [0.1, 0.15) is 59.8 Å². The van der Waals surface area contributed by atoms with Crippen LogP contribution in [0.25, 0.3) is 0 Å². The van der Waals surface area contributed by atoms with Gasteiger partial charge >= 0.3 is 5.97 Å². The van der Waals surface area contributed by atoms with Gasteiger partial charge in [-0.3, -0.25) is 4.98 Å². The molecule has 0 radical (unpaired) electrons. The van der Waals surface area contributed by atoms with Crippen molar-refractivity contribution in [2.24, 2.45) is 0 Å². The largest absolute Gasteiger partial charge is 0.465 e. The lowest BCUT2D eigenvalue weighted by Gasteiger charge is -2.27. The van der Waals surface area contributed by atoms with Gasteiger partial charge in [0.25, 0.3) is 0 Å². The van der Waals surface area contributed by atoms with E-state index in [-0.39, 0.29) is 5.97 Å². The number of methoxy groups -OCH3 is 1. The number of nitrogens with one attached hydrogen (secondary N) is 1. The van der Waals surface area contributed by atoms with Gasteiger partial charge in [0, 0.05) is 25.1 Å². The smallest absolute Gasteiger partial charge is 0.339 e. The lowest BCUT2D eigenvalue weighted by Crippen LogP contribution is -2.30. The number of rotatable bonds is 6. The van der Waals surface area contributed by atoms with E-state index in [1.54, 1.807) is 6.33 Å². The zero-order valence-electron chi connectivity index (χ0n) is 15.6. The maximum Gasteiger partial charge on any atom is 0.339 e. The van der Waals surface area contributed by atoms with Gasteiger partial charge in [0.05, 0.1) is 30.6 Å². The van der Waals surface area contributed by atoms with Gasteiger partial charge in [-0.15, -0.1) is 0 Å². The van der Waals surface area contributed by atoms with E-state index < -0.39 is 0 Å². The molecule has 1 aliphatic heterocycles. The molecule has 0 bridgehead atoms. The molecule has 1 saturated heterocycles. The van der Waals surface area contributed by atoms with Crippen molar-refractivity contribution in [2.45, 2.75) is 44.6 Å². The van der Waals surface area contributed by atoms with E-state index in [1.165, 1.54) is 26.4 Å². The average molecular weight is 367 g/mol. The van der Waals surface area contributed by atoms with Crippen molar-refractivity contribution in [1.82, 2.24) is 15.0 Å². The number of nitrogens with zero attached hydrogens (tertiary/aromatic N) is 4. The van der Waals surface area contributed by atoms with Crippen molar-refractivity contribution in [3.05, 3.63) is 41.5 Å². The van der Waals surface area contributed by atoms with E-state index in [9.17, 15) is 4.79 Å². The maximum absolute atomic E-state index is 11.9. The molecule has 0 aromatic carbocycles. The number of piperidine rings is 1. The fourth-order valence-corrected chi connectivity index (χ4v) is 3.49. The second-order valence-electron chi connectivity index (χ2n) is 7.16. The quantitative estimate of drug-likeness (QED) is 0.786. The zero-order chi connectivity index (χ0) is 18.6. The van der Waals surface area contributed by atoms with E-state index in [0.29, 0.717) is 18.0 Å². The van der Waals surface area contributed by atoms with Crippen molar-refractivity contribution in [1.29, 1.82) is 0 Å². The van der Waals surface area contributed by atoms with Crippen molar-refractivity contribution in [3.8, 4) is 0 Å². The van der Waals surface area contributed by atoms with Crippen molar-refractivity contribution in [2.75, 3.05) is 30.4 Å². The van der Waals surface area contributed by atoms with Crippen LogP contribution in [-0.2, 0) is 11.3 Å². The minimum atomic E-state index is -0.314. The third kappa shape index (κ3) is 4.18. The second kappa shape index (κ2) is 7.90. The predicted octanol–water partition coefficient (Wildman–Crippen LogP) is 3.14. The highest BCUT2D eigenvalue weighted by Gasteiger charge is 2.30. The molecule has 27 heavy (non-hydrogen) atoms. The highest BCUT2D eigenvalue weighted by molar-refractivity contribution is 5.90. The van der Waals surface area contributed by atoms with Crippen LogP contribution in [0.2, 0.25) is 0 Å². The molecule has 2 aromatic heterocycles. The summed E-state index contributed by atoms with van der Waals surface area (Å²) in [4.78, 5) is 27.7. The fourth-order valence-electron chi connectivity index (χ4n) is 3.49. The van der Waals surface area contributed by atoms with Crippen LogP contribution in [-0.4, -0.2) is 41.1 Å². The Morgan fingerprint density at radius 1 is 1.22 bits per heavy atom. The SMILES string of the molecule is COC(=O)c1ccc(CNc2cc(N3CCCCC3)ncn2)nc1C1CC1. The predicted molar refractivity (Wildman–Crippen MR) is 103 cm³/mol. The Morgan fingerprint density at radius 2 is 2.04 bits per heavy atom. The topological polar surface area (TPSA) is 80.2 Å². The van der Waals surface area contributed by atoms with Gasteiger partial charge < -0.3 is 15.0 Å². The molecule has 1 aliphatic carbocycles. The minimum absolute atomic E-state index is 0.314. The highest BCUT2D eigenvalue weighted by atomic mass is 16.5. The van der Waals surface area contributed by atoms with E-state index in [4.69, 9.17) is 9.72 Å². The number of hydrogen-bond donors (Lipinski definition) is 1. The van der Waals surface area contributed by atoms with Gasteiger partial charge in [0.2, 0.25) is 0 Å². The third-order valence-corrected chi connectivity index (χ3v) is 5.14. The van der Waals surface area contributed by atoms with Gasteiger partial charge in [-0.2, -0.15) is 0 Å². The fraction of sp³-hybridized carbons (Fsp3) is 0.500. The monoisotopic (exact) mass is 367 g/mol. The molecule has 142 valence electrons. The Hall–Kier alpha value is -2.70. The molecular formula is C20H25N5O2. The summed E-state index contributed by atoms with van der Waals surface area (Å²) in [6.07, 6.45) is 7.50. The first kappa shape index (κ1) is 17.7. The average Bonchev–Trinajstić information content (AvgIpc) is 3.58. The molecule has 7 nitrogen and oxygen atoms in total. The Balaban J connectivity index is 1.45. The van der Waals surface area contributed by atoms with Gasteiger partial charge in [0.15, 0.2) is 0 Å². The molecule has 2 aliphatic rings. The minimum Gasteiger partial charge on any atom is -0.465 e. The molecule has 2 aromatic rings. The van der Waals surface area contributed by atoms with Crippen LogP contribution < -0.4 is 10.2 Å². The summed E-state index contributed by atoms with van der Waals surface area (Å²) in [5.74, 6) is 1.83. The van der Waals surface area contributed by atoms with Crippen LogP contribution >= 0.6 is 0 Å². The zero-order valence-corrected chi connectivity index (χ0v) is 15.6. The van der Waals surface area contributed by atoms with Crippen molar-refractivity contribution in [3.63, 3.8) is 0 Å². The third-order valence-electron chi connectivity index (χ3n) is 5.14. The molecule has 0 spiro atoms. The summed E-state index contributed by atoms with van der Waals surface area (Å²) < 4.78 is 4.88. The number of esters is 1. The summed E-state index contributed by atoms with van der Waals surface area (Å²) in [5, 5.41) is 3.33. The summed E-state index contributed by atoms with van der Waals surface area (Å²) in [6, 6.07) is 5.69. The van der Waals surface area contributed by atoms with Gasteiger partial charge in [0.1, 0.15) is 18.0 Å². The summed E-state index contributed by atoms with van der Waals surface area (Å²) in [6.45, 7) is 2.66. The Bertz CT molecular complexity index is 816. The Kier molecular flexibility index (Phi) is 5.18. The summed E-state index contributed by atoms with van der Waals surface area (Å²) >= 11 is 0. The number of ether oxygens (including phenoxy) is 1. The summed E-state index contributed by atoms with van der Waals surface area (Å²) in [5.41, 5.74) is 2.33. The molecule has 1 saturated carbocycles. The maximum atomic E-state index is 11.9. The van der Waals surface area contributed by atoms with Crippen LogP contribution in [0, 0.1) is 0 Å². The molecule has 2 fully saturated rings. The van der Waals surface area contributed by atoms with E-state index in [2.05, 4.69) is 20.2 Å². The number of pyridine rings is 1. The van der Waals surface area contributed by atoms with Crippen LogP contribution in [0.4, 0.5) is 11.6 Å². The number of carbonyl (C=O) groups excluding carboxylic acids is 1. The normalized spacial score (nSPS) is 16.9. The van der Waals surface area contributed by atoms with Crippen LogP contribution in [0.3, 0.4) is 0 Å². The van der Waals surface area contributed by atoms with Crippen molar-refractivity contribution < 1.29 is 9.53 Å². The molecule has 0 amide bonds. The number of aromatic nitrogens is 3. The number of hydrogen-bond acceptors (Lipinski definition) is 7. The number of anilines is 2. The van der Waals surface area contributed by atoms with E-state index in [1.807, 2.05) is 18.2 Å².